The Morgan fingerprint density at radius 1 is 1.26 bits per heavy atom. The molecule has 0 aromatic heterocycles. The van der Waals surface area contributed by atoms with E-state index in [0.29, 0.717) is 5.33 Å². The molecule has 0 heterocycles. The molecule has 0 aliphatic carbocycles. The first-order chi connectivity index (χ1) is 8.65. The molecule has 0 aliphatic heterocycles. The van der Waals surface area contributed by atoms with Crippen molar-refractivity contribution < 1.29 is 21.6 Å². The van der Waals surface area contributed by atoms with Crippen LogP contribution in [0.5, 0.6) is 0 Å². The molecule has 0 amide bonds. The molecule has 0 spiro atoms. The van der Waals surface area contributed by atoms with E-state index >= 15 is 0 Å². The highest BCUT2D eigenvalue weighted by Crippen LogP contribution is 2.28. The van der Waals surface area contributed by atoms with E-state index in [9.17, 15) is 21.6 Å². The first kappa shape index (κ1) is 16.3. The number of hydrogen-bond acceptors (Lipinski definition) is 3. The quantitative estimate of drug-likeness (QED) is 0.758. The second-order valence-electron chi connectivity index (χ2n) is 3.97. The van der Waals surface area contributed by atoms with Crippen LogP contribution >= 0.6 is 15.9 Å². The predicted octanol–water partition coefficient (Wildman–Crippen LogP) is 2.85. The molecular formula is C11H13BrF3NO2S. The molecule has 0 radical (unpaired) electrons. The van der Waals surface area contributed by atoms with Gasteiger partial charge in [-0.3, -0.25) is 0 Å². The van der Waals surface area contributed by atoms with Gasteiger partial charge in [-0.05, 0) is 12.1 Å². The maximum absolute atomic E-state index is 12.5. The zero-order valence-corrected chi connectivity index (χ0v) is 12.5. The van der Waals surface area contributed by atoms with Gasteiger partial charge in [0, 0.05) is 18.1 Å². The fourth-order valence-corrected chi connectivity index (χ4v) is 2.97. The Kier molecular flexibility index (Phi) is 5.26. The second-order valence-corrected chi connectivity index (χ2v) is 6.74. The molecule has 1 aromatic rings. The molecule has 0 aliphatic rings. The van der Waals surface area contributed by atoms with Crippen molar-refractivity contribution >= 4 is 31.5 Å². The molecular weight excluding hydrogens is 347 g/mol. The van der Waals surface area contributed by atoms with Gasteiger partial charge in [-0.1, -0.05) is 28.1 Å². The van der Waals surface area contributed by atoms with E-state index in [1.165, 1.54) is 24.3 Å². The van der Waals surface area contributed by atoms with Crippen LogP contribution in [0.4, 0.5) is 18.9 Å². The van der Waals surface area contributed by atoms with Crippen LogP contribution in [0, 0.1) is 0 Å². The summed E-state index contributed by atoms with van der Waals surface area (Å²) in [6.07, 6.45) is -3.42. The molecule has 0 saturated heterocycles. The average molecular weight is 360 g/mol. The van der Waals surface area contributed by atoms with Crippen molar-refractivity contribution in [1.29, 1.82) is 0 Å². The topological polar surface area (TPSA) is 37.4 Å². The van der Waals surface area contributed by atoms with Crippen LogP contribution in [0.25, 0.3) is 0 Å². The third-order valence-corrected chi connectivity index (χ3v) is 3.83. The highest BCUT2D eigenvalue weighted by molar-refractivity contribution is 9.09. The molecule has 1 rings (SSSR count). The Balaban J connectivity index is 3.23. The van der Waals surface area contributed by atoms with E-state index < -0.39 is 22.6 Å². The van der Waals surface area contributed by atoms with Crippen LogP contribution in [0.3, 0.4) is 0 Å². The fraction of sp³-hybridized carbons (Fsp3) is 0.455. The van der Waals surface area contributed by atoms with Crippen LogP contribution in [0.15, 0.2) is 29.2 Å². The lowest BCUT2D eigenvalue weighted by Crippen LogP contribution is -2.36. The van der Waals surface area contributed by atoms with Crippen LogP contribution < -0.4 is 4.90 Å². The van der Waals surface area contributed by atoms with Gasteiger partial charge in [0.15, 0.2) is 9.84 Å². The molecule has 0 saturated carbocycles. The first-order valence-electron chi connectivity index (χ1n) is 5.32. The standard InChI is InChI=1S/C11H13BrF3NO2S/c1-19(17,18)10-5-3-2-4-9(10)16(7-6-12)8-11(13,14)15/h2-5H,6-8H2,1H3. The molecule has 108 valence electrons. The Morgan fingerprint density at radius 2 is 1.84 bits per heavy atom. The second kappa shape index (κ2) is 6.13. The Labute approximate surface area is 118 Å². The van der Waals surface area contributed by atoms with Crippen LogP contribution in [0.2, 0.25) is 0 Å². The van der Waals surface area contributed by atoms with Gasteiger partial charge in [-0.15, -0.1) is 0 Å². The summed E-state index contributed by atoms with van der Waals surface area (Å²) in [5, 5.41) is 0.307. The van der Waals surface area contributed by atoms with E-state index in [0.717, 1.165) is 11.2 Å². The Morgan fingerprint density at radius 3 is 2.32 bits per heavy atom. The summed E-state index contributed by atoms with van der Waals surface area (Å²) in [5.74, 6) is 0. The van der Waals surface area contributed by atoms with Crippen molar-refractivity contribution in [2.24, 2.45) is 0 Å². The van der Waals surface area contributed by atoms with Gasteiger partial charge < -0.3 is 4.90 Å². The molecule has 0 unspecified atom stereocenters. The van der Waals surface area contributed by atoms with Gasteiger partial charge in [0.05, 0.1) is 10.6 Å². The number of sulfone groups is 1. The third kappa shape index (κ3) is 5.02. The minimum Gasteiger partial charge on any atom is -0.361 e. The Bertz CT molecular complexity index is 531. The number of rotatable bonds is 5. The fourth-order valence-electron chi connectivity index (χ4n) is 1.64. The van der Waals surface area contributed by atoms with Crippen molar-refractivity contribution in [2.45, 2.75) is 11.1 Å². The van der Waals surface area contributed by atoms with Gasteiger partial charge in [-0.25, -0.2) is 8.42 Å². The summed E-state index contributed by atoms with van der Waals surface area (Å²) in [7, 11) is -3.58. The number of nitrogens with zero attached hydrogens (tertiary/aromatic N) is 1. The minimum absolute atomic E-state index is 0.0616. The van der Waals surface area contributed by atoms with E-state index in [2.05, 4.69) is 15.9 Å². The number of alkyl halides is 4. The van der Waals surface area contributed by atoms with Crippen molar-refractivity contribution in [2.75, 3.05) is 29.6 Å². The normalized spacial score (nSPS) is 12.5. The number of para-hydroxylation sites is 1. The average Bonchev–Trinajstić information content (AvgIpc) is 2.25. The number of anilines is 1. The molecule has 0 bridgehead atoms. The lowest BCUT2D eigenvalue weighted by molar-refractivity contribution is -0.119. The maximum Gasteiger partial charge on any atom is 0.405 e. The summed E-state index contributed by atoms with van der Waals surface area (Å²) in [6.45, 7) is -1.13. The van der Waals surface area contributed by atoms with Crippen LogP contribution in [0.1, 0.15) is 0 Å². The largest absolute Gasteiger partial charge is 0.405 e. The molecule has 3 nitrogen and oxygen atoms in total. The molecule has 19 heavy (non-hydrogen) atoms. The highest BCUT2D eigenvalue weighted by atomic mass is 79.9. The van der Waals surface area contributed by atoms with E-state index in [1.54, 1.807) is 0 Å². The van der Waals surface area contributed by atoms with E-state index in [1.807, 2.05) is 0 Å². The van der Waals surface area contributed by atoms with Crippen molar-refractivity contribution in [3.8, 4) is 0 Å². The maximum atomic E-state index is 12.5. The molecule has 0 atom stereocenters. The highest BCUT2D eigenvalue weighted by Gasteiger charge is 2.32. The summed E-state index contributed by atoms with van der Waals surface area (Å²) < 4.78 is 60.8. The summed E-state index contributed by atoms with van der Waals surface area (Å²) in [6, 6.07) is 5.69. The SMILES string of the molecule is CS(=O)(=O)c1ccccc1N(CCBr)CC(F)(F)F. The first-order valence-corrected chi connectivity index (χ1v) is 8.33. The molecule has 8 heteroatoms. The number of halogens is 4. The van der Waals surface area contributed by atoms with E-state index in [4.69, 9.17) is 0 Å². The van der Waals surface area contributed by atoms with Crippen molar-refractivity contribution in [3.05, 3.63) is 24.3 Å². The molecule has 1 aromatic carbocycles. The van der Waals surface area contributed by atoms with Gasteiger partial charge in [0.2, 0.25) is 0 Å². The van der Waals surface area contributed by atoms with Crippen LogP contribution in [-0.4, -0.2) is 39.3 Å². The number of benzene rings is 1. The zero-order chi connectivity index (χ0) is 14.7. The number of hydrogen-bond donors (Lipinski definition) is 0. The summed E-state index contributed by atoms with van der Waals surface area (Å²) >= 11 is 3.07. The minimum atomic E-state index is -4.40. The van der Waals surface area contributed by atoms with Crippen molar-refractivity contribution in [1.82, 2.24) is 0 Å². The van der Waals surface area contributed by atoms with Crippen molar-refractivity contribution in [3.63, 3.8) is 0 Å². The Hall–Kier alpha value is -0.760. The molecule has 0 N–H and O–H groups in total. The molecule has 0 fully saturated rings. The summed E-state index contributed by atoms with van der Waals surface area (Å²) in [5.41, 5.74) is 0.0711. The van der Waals surface area contributed by atoms with Gasteiger partial charge in [-0.2, -0.15) is 13.2 Å². The van der Waals surface area contributed by atoms with Gasteiger partial charge in [0.1, 0.15) is 6.54 Å². The van der Waals surface area contributed by atoms with Gasteiger partial charge >= 0.3 is 6.18 Å². The monoisotopic (exact) mass is 359 g/mol. The predicted molar refractivity (Wildman–Crippen MR) is 71.6 cm³/mol. The van der Waals surface area contributed by atoms with Gasteiger partial charge in [0.25, 0.3) is 0 Å². The smallest absolute Gasteiger partial charge is 0.361 e. The van der Waals surface area contributed by atoms with Crippen LogP contribution in [-0.2, 0) is 9.84 Å². The lowest BCUT2D eigenvalue weighted by atomic mass is 10.3. The lowest BCUT2D eigenvalue weighted by Gasteiger charge is -2.26. The third-order valence-electron chi connectivity index (χ3n) is 2.33. The zero-order valence-electron chi connectivity index (χ0n) is 10.1. The van der Waals surface area contributed by atoms with E-state index in [-0.39, 0.29) is 17.1 Å². The summed E-state index contributed by atoms with van der Waals surface area (Å²) in [4.78, 5) is 0.908.